The number of nitrogens with zero attached hydrogens (tertiary/aromatic N) is 3. The summed E-state index contributed by atoms with van der Waals surface area (Å²) in [6, 6.07) is 10.7. The molecule has 0 saturated carbocycles. The topological polar surface area (TPSA) is 54.2 Å². The van der Waals surface area contributed by atoms with Crippen LogP contribution in [-0.2, 0) is 11.8 Å². The van der Waals surface area contributed by atoms with E-state index in [0.29, 0.717) is 5.89 Å². The van der Waals surface area contributed by atoms with Gasteiger partial charge in [0.2, 0.25) is 5.89 Å². The highest BCUT2D eigenvalue weighted by Crippen LogP contribution is 2.27. The van der Waals surface area contributed by atoms with Crippen LogP contribution in [0.1, 0.15) is 37.2 Å². The van der Waals surface area contributed by atoms with Crippen LogP contribution >= 0.6 is 0 Å². The van der Waals surface area contributed by atoms with E-state index in [-0.39, 0.29) is 11.5 Å². The summed E-state index contributed by atoms with van der Waals surface area (Å²) in [5.41, 5.74) is 1.26. The highest BCUT2D eigenvalue weighted by molar-refractivity contribution is 5.24. The van der Waals surface area contributed by atoms with Crippen molar-refractivity contribution in [2.45, 2.75) is 31.7 Å². The molecule has 5 nitrogen and oxygen atoms in total. The average Bonchev–Trinajstić information content (AvgIpc) is 2.96. The first kappa shape index (κ1) is 15.2. The lowest BCUT2D eigenvalue weighted by atomic mass is 9.81. The molecule has 22 heavy (non-hydrogen) atoms. The van der Waals surface area contributed by atoms with Crippen LogP contribution in [0, 0.1) is 0 Å². The predicted octanol–water partition coefficient (Wildman–Crippen LogP) is 2.17. The molecule has 2 heterocycles. The molecule has 5 heteroatoms. The second-order valence-electron chi connectivity index (χ2n) is 6.67. The normalized spacial score (nSPS) is 20.2. The van der Waals surface area contributed by atoms with Crippen LogP contribution in [0.3, 0.4) is 0 Å². The highest BCUT2D eigenvalue weighted by atomic mass is 16.5. The Hall–Kier alpha value is -1.72. The molecule has 1 N–H and O–H groups in total. The van der Waals surface area contributed by atoms with E-state index in [2.05, 4.69) is 65.5 Å². The summed E-state index contributed by atoms with van der Waals surface area (Å²) in [4.78, 5) is 6.91. The number of hydrogen-bond donors (Lipinski definition) is 1. The Balaban J connectivity index is 1.74. The van der Waals surface area contributed by atoms with Crippen molar-refractivity contribution in [1.29, 1.82) is 0 Å². The summed E-state index contributed by atoms with van der Waals surface area (Å²) in [5, 5.41) is 7.58. The first-order valence-corrected chi connectivity index (χ1v) is 7.85. The fourth-order valence-electron chi connectivity index (χ4n) is 2.94. The zero-order chi connectivity index (χ0) is 15.6. The second kappa shape index (κ2) is 6.18. The molecule has 1 saturated heterocycles. The van der Waals surface area contributed by atoms with Crippen molar-refractivity contribution in [2.75, 3.05) is 26.7 Å². The largest absolute Gasteiger partial charge is 0.339 e. The van der Waals surface area contributed by atoms with Gasteiger partial charge < -0.3 is 9.84 Å². The Morgan fingerprint density at radius 2 is 2.09 bits per heavy atom. The Kier molecular flexibility index (Phi) is 4.27. The minimum atomic E-state index is -0.0260. The molecule has 0 amide bonds. The zero-order valence-electron chi connectivity index (χ0n) is 13.5. The average molecular weight is 300 g/mol. The van der Waals surface area contributed by atoms with Gasteiger partial charge in [-0.05, 0) is 18.0 Å². The molecule has 1 fully saturated rings. The molecule has 0 aliphatic carbocycles. The van der Waals surface area contributed by atoms with Crippen molar-refractivity contribution in [3.05, 3.63) is 47.6 Å². The minimum Gasteiger partial charge on any atom is -0.339 e. The monoisotopic (exact) mass is 300 g/mol. The van der Waals surface area contributed by atoms with Crippen molar-refractivity contribution in [3.63, 3.8) is 0 Å². The second-order valence-corrected chi connectivity index (χ2v) is 6.67. The Morgan fingerprint density at radius 3 is 2.82 bits per heavy atom. The number of benzene rings is 1. The molecule has 3 rings (SSSR count). The van der Waals surface area contributed by atoms with Gasteiger partial charge in [-0.1, -0.05) is 49.3 Å². The molecule has 2 aromatic rings. The van der Waals surface area contributed by atoms with Crippen LogP contribution in [0.25, 0.3) is 0 Å². The fraction of sp³-hybridized carbons (Fsp3) is 0.529. The third kappa shape index (κ3) is 3.20. The molecule has 118 valence electrons. The Morgan fingerprint density at radius 1 is 1.32 bits per heavy atom. The van der Waals surface area contributed by atoms with E-state index in [1.54, 1.807) is 0 Å². The van der Waals surface area contributed by atoms with Gasteiger partial charge in [-0.2, -0.15) is 4.98 Å². The van der Waals surface area contributed by atoms with Crippen LogP contribution in [-0.4, -0.2) is 41.7 Å². The van der Waals surface area contributed by atoms with Crippen molar-refractivity contribution in [2.24, 2.45) is 0 Å². The van der Waals surface area contributed by atoms with Gasteiger partial charge in [-0.25, -0.2) is 0 Å². The summed E-state index contributed by atoms with van der Waals surface area (Å²) >= 11 is 0. The molecule has 1 unspecified atom stereocenters. The molecule has 1 aromatic heterocycles. The molecule has 1 atom stereocenters. The minimum absolute atomic E-state index is 0.0260. The molecular formula is C17H24N4O. The van der Waals surface area contributed by atoms with Crippen molar-refractivity contribution in [3.8, 4) is 0 Å². The lowest BCUT2D eigenvalue weighted by molar-refractivity contribution is 0.190. The fourth-order valence-corrected chi connectivity index (χ4v) is 2.94. The summed E-state index contributed by atoms with van der Waals surface area (Å²) in [6.07, 6.45) is 0.744. The predicted molar refractivity (Wildman–Crippen MR) is 85.7 cm³/mol. The Labute approximate surface area is 131 Å². The smallest absolute Gasteiger partial charge is 0.227 e. The van der Waals surface area contributed by atoms with Gasteiger partial charge in [0.25, 0.3) is 0 Å². The van der Waals surface area contributed by atoms with Crippen molar-refractivity contribution < 1.29 is 4.52 Å². The quantitative estimate of drug-likeness (QED) is 0.938. The first-order chi connectivity index (χ1) is 10.6. The highest BCUT2D eigenvalue weighted by Gasteiger charge is 2.28. The van der Waals surface area contributed by atoms with Crippen LogP contribution in [0.4, 0.5) is 0 Å². The molecule has 1 aromatic carbocycles. The molecular weight excluding hydrogens is 276 g/mol. The lowest BCUT2D eigenvalue weighted by Crippen LogP contribution is -2.44. The van der Waals surface area contributed by atoms with Gasteiger partial charge in [0.1, 0.15) is 0 Å². The number of nitrogens with one attached hydrogen (secondary N) is 1. The first-order valence-electron chi connectivity index (χ1n) is 7.85. The molecule has 1 aliphatic rings. The number of rotatable bonds is 4. The maximum atomic E-state index is 5.51. The number of aromatic nitrogens is 2. The SMILES string of the molecule is CN1CCNCC1c1noc(CC(C)(C)c2ccccc2)n1. The van der Waals surface area contributed by atoms with Gasteiger partial charge >= 0.3 is 0 Å². The summed E-state index contributed by atoms with van der Waals surface area (Å²) in [6.45, 7) is 7.31. The number of likely N-dealkylation sites (N-methyl/N-ethyl adjacent to an activating group) is 1. The van der Waals surface area contributed by atoms with Gasteiger partial charge in [0.05, 0.1) is 6.04 Å². The van der Waals surface area contributed by atoms with Crippen LogP contribution in [0.5, 0.6) is 0 Å². The standard InChI is InChI=1S/C17H24N4O/c1-17(2,13-7-5-4-6-8-13)11-15-19-16(20-22-15)14-12-18-9-10-21(14)3/h4-8,14,18H,9-12H2,1-3H3. The summed E-state index contributed by atoms with van der Waals surface area (Å²) < 4.78 is 5.51. The van der Waals surface area contributed by atoms with E-state index < -0.39 is 0 Å². The van der Waals surface area contributed by atoms with E-state index in [4.69, 9.17) is 4.52 Å². The molecule has 0 spiro atoms. The van der Waals surface area contributed by atoms with E-state index in [9.17, 15) is 0 Å². The number of hydrogen-bond acceptors (Lipinski definition) is 5. The van der Waals surface area contributed by atoms with E-state index in [1.165, 1.54) is 5.56 Å². The zero-order valence-corrected chi connectivity index (χ0v) is 13.5. The van der Waals surface area contributed by atoms with Crippen molar-refractivity contribution >= 4 is 0 Å². The van der Waals surface area contributed by atoms with Gasteiger partial charge in [0.15, 0.2) is 5.82 Å². The maximum absolute atomic E-state index is 5.51. The Bertz CT molecular complexity index is 608. The van der Waals surface area contributed by atoms with Gasteiger partial charge in [-0.15, -0.1) is 0 Å². The molecule has 0 radical (unpaired) electrons. The van der Waals surface area contributed by atoms with Crippen LogP contribution < -0.4 is 5.32 Å². The molecule has 1 aliphatic heterocycles. The van der Waals surface area contributed by atoms with E-state index in [0.717, 1.165) is 31.9 Å². The van der Waals surface area contributed by atoms with Crippen LogP contribution in [0.2, 0.25) is 0 Å². The van der Waals surface area contributed by atoms with E-state index >= 15 is 0 Å². The van der Waals surface area contributed by atoms with Crippen molar-refractivity contribution in [1.82, 2.24) is 20.4 Å². The van der Waals surface area contributed by atoms with Gasteiger partial charge in [-0.3, -0.25) is 4.90 Å². The molecule has 0 bridgehead atoms. The van der Waals surface area contributed by atoms with Crippen LogP contribution in [0.15, 0.2) is 34.9 Å². The summed E-state index contributed by atoms with van der Waals surface area (Å²) in [5.74, 6) is 1.50. The van der Waals surface area contributed by atoms with E-state index in [1.807, 2.05) is 6.07 Å². The lowest BCUT2D eigenvalue weighted by Gasteiger charge is -2.30. The summed E-state index contributed by atoms with van der Waals surface area (Å²) in [7, 11) is 2.11. The third-order valence-electron chi connectivity index (χ3n) is 4.44. The third-order valence-corrected chi connectivity index (χ3v) is 4.44. The number of piperazine rings is 1. The maximum Gasteiger partial charge on any atom is 0.227 e. The van der Waals surface area contributed by atoms with Gasteiger partial charge in [0, 0.05) is 26.1 Å².